The average molecular weight is 482 g/mol. The van der Waals surface area contributed by atoms with Gasteiger partial charge in [0.15, 0.2) is 6.04 Å². The molecule has 0 aromatic carbocycles. The predicted octanol–water partition coefficient (Wildman–Crippen LogP) is -4.79. The van der Waals surface area contributed by atoms with Gasteiger partial charge in [-0.15, -0.1) is 11.8 Å². The van der Waals surface area contributed by atoms with Crippen LogP contribution in [0.25, 0.3) is 0 Å². The third-order valence-electron chi connectivity index (χ3n) is 4.05. The van der Waals surface area contributed by atoms with Crippen molar-refractivity contribution in [1.82, 2.24) is 16.0 Å². The number of carbonyl (C=O) groups excluding carboxylic acids is 4. The smallest absolute Gasteiger partial charge is 0.328 e. The molecular weight excluding hydrogens is 450 g/mol. The summed E-state index contributed by atoms with van der Waals surface area (Å²) in [7, 11) is 0. The normalized spacial score (nSPS) is 17.6. The van der Waals surface area contributed by atoms with Crippen LogP contribution >= 0.6 is 11.8 Å². The van der Waals surface area contributed by atoms with Crippen molar-refractivity contribution in [2.24, 2.45) is 11.5 Å². The molecule has 0 aliphatic rings. The highest BCUT2D eigenvalue weighted by Crippen LogP contribution is 2.04. The molecule has 4 amide bonds. The number of aliphatic hydroxyl groups excluding tert-OH is 3. The zero-order chi connectivity index (χ0) is 25.2. The van der Waals surface area contributed by atoms with Crippen molar-refractivity contribution in [3.05, 3.63) is 0 Å². The van der Waals surface area contributed by atoms with Gasteiger partial charge in [-0.2, -0.15) is 0 Å². The quantitative estimate of drug-likeness (QED) is 0.114. The van der Waals surface area contributed by atoms with Crippen molar-refractivity contribution in [2.45, 2.75) is 63.3 Å². The minimum atomic E-state index is -1.70. The van der Waals surface area contributed by atoms with E-state index in [1.54, 1.807) is 0 Å². The summed E-state index contributed by atoms with van der Waals surface area (Å²) < 4.78 is 0. The molecule has 184 valence electrons. The first-order valence-electron chi connectivity index (χ1n) is 9.48. The molecule has 0 aromatic rings. The van der Waals surface area contributed by atoms with E-state index >= 15 is 0 Å². The van der Waals surface area contributed by atoms with Gasteiger partial charge in [0.1, 0.15) is 12.1 Å². The van der Waals surface area contributed by atoms with Crippen LogP contribution in [0.3, 0.4) is 0 Å². The molecule has 0 saturated carbocycles. The number of nitrogens with two attached hydrogens (primary N) is 2. The van der Waals surface area contributed by atoms with Gasteiger partial charge in [-0.05, 0) is 20.8 Å². The highest BCUT2D eigenvalue weighted by atomic mass is 32.2. The molecule has 0 saturated heterocycles. The second kappa shape index (κ2) is 13.8. The maximum atomic E-state index is 12.6. The number of primary amides is 1. The first-order valence-corrected chi connectivity index (χ1v) is 10.6. The fourth-order valence-corrected chi connectivity index (χ4v) is 3.03. The van der Waals surface area contributed by atoms with E-state index in [1.165, 1.54) is 6.92 Å². The van der Waals surface area contributed by atoms with Gasteiger partial charge in [-0.25, -0.2) is 4.79 Å². The van der Waals surface area contributed by atoms with Crippen LogP contribution in [0.5, 0.6) is 0 Å². The maximum Gasteiger partial charge on any atom is 0.328 e. The third-order valence-corrected chi connectivity index (χ3v) is 5.13. The lowest BCUT2D eigenvalue weighted by molar-refractivity contribution is -0.146. The van der Waals surface area contributed by atoms with E-state index in [0.29, 0.717) is 0 Å². The molecule has 0 unspecified atom stereocenters. The number of thioether (sulfide) groups is 1. The molecule has 11 N–H and O–H groups in total. The van der Waals surface area contributed by atoms with E-state index in [9.17, 15) is 39.3 Å². The van der Waals surface area contributed by atoms with Gasteiger partial charge in [0.25, 0.3) is 0 Å². The predicted molar refractivity (Wildman–Crippen MR) is 113 cm³/mol. The number of aliphatic hydroxyl groups is 3. The van der Waals surface area contributed by atoms with E-state index in [0.717, 1.165) is 25.6 Å². The molecular formula is C17H31N5O9S. The van der Waals surface area contributed by atoms with Crippen molar-refractivity contribution in [3.63, 3.8) is 0 Å². The zero-order valence-corrected chi connectivity index (χ0v) is 18.7. The van der Waals surface area contributed by atoms with Crippen LogP contribution in [0.4, 0.5) is 0 Å². The third kappa shape index (κ3) is 10.2. The number of aliphatic carboxylic acids is 1. The van der Waals surface area contributed by atoms with Crippen molar-refractivity contribution < 1.29 is 44.4 Å². The summed E-state index contributed by atoms with van der Waals surface area (Å²) in [5.41, 5.74) is 10.7. The Bertz CT molecular complexity index is 689. The Morgan fingerprint density at radius 3 is 1.50 bits per heavy atom. The summed E-state index contributed by atoms with van der Waals surface area (Å²) >= 11 is 0.993. The zero-order valence-electron chi connectivity index (χ0n) is 17.8. The Hall–Kier alpha value is -2.46. The molecule has 14 nitrogen and oxygen atoms in total. The molecule has 0 bridgehead atoms. The second-order valence-corrected chi connectivity index (χ2v) is 8.14. The van der Waals surface area contributed by atoms with Gasteiger partial charge in [-0.1, -0.05) is 0 Å². The van der Waals surface area contributed by atoms with Crippen LogP contribution in [0.1, 0.15) is 20.8 Å². The van der Waals surface area contributed by atoms with Crippen LogP contribution in [0, 0.1) is 0 Å². The van der Waals surface area contributed by atoms with E-state index in [2.05, 4.69) is 10.6 Å². The topological polar surface area (TPSA) is 254 Å². The lowest BCUT2D eigenvalue weighted by atomic mass is 10.1. The van der Waals surface area contributed by atoms with E-state index in [1.807, 2.05) is 5.32 Å². The SMILES string of the molecule is C[C@@H](O)[C@H](NC(=O)[C@@H](NC(=O)[C@@H](NC(=O)[C@@H](N)CSCC(N)=O)[C@@H](C)O)[C@@H](C)O)C(=O)O. The first-order chi connectivity index (χ1) is 14.7. The molecule has 0 aliphatic heterocycles. The molecule has 0 heterocycles. The van der Waals surface area contributed by atoms with Gasteiger partial charge < -0.3 is 47.8 Å². The van der Waals surface area contributed by atoms with E-state index in [-0.39, 0.29) is 11.5 Å². The van der Waals surface area contributed by atoms with Crippen LogP contribution in [0.15, 0.2) is 0 Å². The van der Waals surface area contributed by atoms with Crippen molar-refractivity contribution in [2.75, 3.05) is 11.5 Å². The van der Waals surface area contributed by atoms with Gasteiger partial charge in [0.2, 0.25) is 23.6 Å². The van der Waals surface area contributed by atoms with Crippen LogP contribution in [-0.4, -0.2) is 104 Å². The number of amides is 4. The number of hydrogen-bond acceptors (Lipinski definition) is 10. The monoisotopic (exact) mass is 481 g/mol. The number of carboxylic acids is 1. The van der Waals surface area contributed by atoms with Crippen LogP contribution in [-0.2, 0) is 24.0 Å². The summed E-state index contributed by atoms with van der Waals surface area (Å²) in [5, 5.41) is 44.6. The Morgan fingerprint density at radius 1 is 0.781 bits per heavy atom. The molecule has 32 heavy (non-hydrogen) atoms. The Labute approximate surface area is 188 Å². The van der Waals surface area contributed by atoms with Crippen LogP contribution in [0.2, 0.25) is 0 Å². The van der Waals surface area contributed by atoms with E-state index < -0.39 is 72.1 Å². The maximum absolute atomic E-state index is 12.6. The number of carbonyl (C=O) groups is 5. The molecule has 0 rings (SSSR count). The standard InChI is InChI=1S/C17H31N5O9S/c1-6(23)11(20-14(27)9(18)4-32-5-10(19)26)15(28)21-12(7(2)24)16(29)22-13(8(3)25)17(30)31/h6-9,11-13,23-25H,4-5,18H2,1-3H3,(H2,19,26)(H,20,27)(H,21,28)(H,22,29)(H,30,31)/t6-,7-,8-,9+,11+,12+,13+/m1/s1. The molecule has 15 heteroatoms. The Kier molecular flexibility index (Phi) is 12.8. The summed E-state index contributed by atoms with van der Waals surface area (Å²) in [5.74, 6) is -5.23. The Balaban J connectivity index is 5.25. The van der Waals surface area contributed by atoms with Crippen LogP contribution < -0.4 is 27.4 Å². The number of rotatable bonds is 14. The first kappa shape index (κ1) is 29.5. The van der Waals surface area contributed by atoms with E-state index in [4.69, 9.17) is 16.6 Å². The molecule has 0 radical (unpaired) electrons. The molecule has 0 aliphatic carbocycles. The summed E-state index contributed by atoms with van der Waals surface area (Å²) in [6.45, 7) is 3.45. The highest BCUT2D eigenvalue weighted by Gasteiger charge is 2.35. The van der Waals surface area contributed by atoms with Gasteiger partial charge in [-0.3, -0.25) is 19.2 Å². The fraction of sp³-hybridized carbons (Fsp3) is 0.706. The number of nitrogens with one attached hydrogen (secondary N) is 3. The summed E-state index contributed by atoms with van der Waals surface area (Å²) in [6, 6.07) is -6.09. The summed E-state index contributed by atoms with van der Waals surface area (Å²) in [4.78, 5) is 59.0. The van der Waals surface area contributed by atoms with Crippen molar-refractivity contribution >= 4 is 41.4 Å². The minimum absolute atomic E-state index is 0.00243. The molecule has 0 fully saturated rings. The largest absolute Gasteiger partial charge is 0.480 e. The molecule has 0 spiro atoms. The highest BCUT2D eigenvalue weighted by molar-refractivity contribution is 8.00. The van der Waals surface area contributed by atoms with Crippen molar-refractivity contribution in [1.29, 1.82) is 0 Å². The fourth-order valence-electron chi connectivity index (χ4n) is 2.31. The van der Waals surface area contributed by atoms with Gasteiger partial charge in [0, 0.05) is 5.75 Å². The lowest BCUT2D eigenvalue weighted by Crippen LogP contribution is -2.62. The van der Waals surface area contributed by atoms with Crippen molar-refractivity contribution in [3.8, 4) is 0 Å². The second-order valence-electron chi connectivity index (χ2n) is 7.11. The molecule has 0 aromatic heterocycles. The lowest BCUT2D eigenvalue weighted by Gasteiger charge is -2.28. The molecule has 7 atom stereocenters. The Morgan fingerprint density at radius 2 is 1.16 bits per heavy atom. The number of hydrogen-bond donors (Lipinski definition) is 9. The average Bonchev–Trinajstić information content (AvgIpc) is 2.66. The van der Waals surface area contributed by atoms with Gasteiger partial charge in [0.05, 0.1) is 30.1 Å². The minimum Gasteiger partial charge on any atom is -0.480 e. The van der Waals surface area contributed by atoms with Gasteiger partial charge >= 0.3 is 5.97 Å². The summed E-state index contributed by atoms with van der Waals surface area (Å²) in [6.07, 6.45) is -4.41. The number of carboxylic acid groups (broad SMARTS) is 1.